The second kappa shape index (κ2) is 5.35. The van der Waals surface area contributed by atoms with E-state index in [4.69, 9.17) is 5.73 Å². The van der Waals surface area contributed by atoms with Crippen LogP contribution >= 0.6 is 0 Å². The number of amides is 2. The van der Waals surface area contributed by atoms with Gasteiger partial charge in [0, 0.05) is 12.6 Å². The number of nitrogens with one attached hydrogen (secondary N) is 1. The molecule has 112 valence electrons. The van der Waals surface area contributed by atoms with Gasteiger partial charge in [-0.1, -0.05) is 6.42 Å². The summed E-state index contributed by atoms with van der Waals surface area (Å²) in [7, 11) is 0. The van der Waals surface area contributed by atoms with Crippen molar-refractivity contribution >= 4 is 11.8 Å². The molecule has 2 aliphatic heterocycles. The summed E-state index contributed by atoms with van der Waals surface area (Å²) >= 11 is 0. The number of hydrogen-bond donors (Lipinski definition) is 2. The van der Waals surface area contributed by atoms with Gasteiger partial charge >= 0.3 is 0 Å². The largest absolute Gasteiger partial charge is 0.369 e. The van der Waals surface area contributed by atoms with Crippen molar-refractivity contribution in [2.45, 2.75) is 51.1 Å². The topological polar surface area (TPSA) is 75.4 Å². The van der Waals surface area contributed by atoms with Gasteiger partial charge in [-0.05, 0) is 51.0 Å². The van der Waals surface area contributed by atoms with E-state index in [0.29, 0.717) is 18.4 Å². The van der Waals surface area contributed by atoms with Crippen molar-refractivity contribution < 1.29 is 9.59 Å². The van der Waals surface area contributed by atoms with Crippen molar-refractivity contribution in [3.05, 3.63) is 0 Å². The molecule has 20 heavy (non-hydrogen) atoms. The zero-order valence-corrected chi connectivity index (χ0v) is 12.2. The fourth-order valence-corrected chi connectivity index (χ4v) is 4.28. The molecular formula is C15H25N3O2. The molecule has 2 saturated heterocycles. The molecule has 3 N–H and O–H groups in total. The van der Waals surface area contributed by atoms with Crippen LogP contribution in [0.1, 0.15) is 39.0 Å². The molecule has 5 unspecified atom stereocenters. The zero-order chi connectivity index (χ0) is 14.3. The van der Waals surface area contributed by atoms with Crippen LogP contribution in [0.25, 0.3) is 0 Å². The summed E-state index contributed by atoms with van der Waals surface area (Å²) in [5.74, 6) is 0.932. The Hall–Kier alpha value is -1.10. The van der Waals surface area contributed by atoms with Gasteiger partial charge in [0.2, 0.25) is 11.8 Å². The van der Waals surface area contributed by atoms with Gasteiger partial charge in [0.1, 0.15) is 0 Å². The maximum atomic E-state index is 12.8. The Kier molecular flexibility index (Phi) is 3.71. The van der Waals surface area contributed by atoms with Crippen molar-refractivity contribution in [1.29, 1.82) is 0 Å². The number of primary amides is 1. The van der Waals surface area contributed by atoms with Crippen LogP contribution in [0.4, 0.5) is 0 Å². The van der Waals surface area contributed by atoms with Gasteiger partial charge in [0.25, 0.3) is 0 Å². The van der Waals surface area contributed by atoms with E-state index in [9.17, 15) is 9.59 Å². The molecular weight excluding hydrogens is 254 g/mol. The van der Waals surface area contributed by atoms with Crippen molar-refractivity contribution in [2.24, 2.45) is 23.5 Å². The third kappa shape index (κ3) is 2.32. The molecule has 3 rings (SSSR count). The Morgan fingerprint density at radius 1 is 1.20 bits per heavy atom. The molecule has 1 saturated carbocycles. The average molecular weight is 279 g/mol. The van der Waals surface area contributed by atoms with Crippen LogP contribution in [0.5, 0.6) is 0 Å². The van der Waals surface area contributed by atoms with Crippen molar-refractivity contribution in [3.8, 4) is 0 Å². The van der Waals surface area contributed by atoms with Crippen LogP contribution in [0.15, 0.2) is 0 Å². The standard InChI is InChI=1S/C15H25N3O2/c1-9-5-6-11(14(16)19)8-18(9)15(20)13-12-4-2-3-10(12)7-17-13/h9-13,17H,2-8H2,1H3,(H2,16,19). The number of hydrogen-bond acceptors (Lipinski definition) is 3. The van der Waals surface area contributed by atoms with Gasteiger partial charge in [-0.25, -0.2) is 0 Å². The SMILES string of the molecule is CC1CCC(C(N)=O)CN1C(=O)C1NCC2CCCC21. The maximum Gasteiger partial charge on any atom is 0.240 e. The van der Waals surface area contributed by atoms with Crippen molar-refractivity contribution in [2.75, 3.05) is 13.1 Å². The fraction of sp³-hybridized carbons (Fsp3) is 0.867. The van der Waals surface area contributed by atoms with E-state index >= 15 is 0 Å². The summed E-state index contributed by atoms with van der Waals surface area (Å²) in [5, 5.41) is 3.41. The third-order valence-corrected chi connectivity index (χ3v) is 5.58. The van der Waals surface area contributed by atoms with Crippen LogP contribution < -0.4 is 11.1 Å². The normalized spacial score (nSPS) is 40.6. The van der Waals surface area contributed by atoms with Crippen LogP contribution in [0.2, 0.25) is 0 Å². The molecule has 0 spiro atoms. The van der Waals surface area contributed by atoms with E-state index in [1.807, 2.05) is 4.90 Å². The Morgan fingerprint density at radius 3 is 2.75 bits per heavy atom. The number of piperidine rings is 1. The lowest BCUT2D eigenvalue weighted by Gasteiger charge is -2.39. The van der Waals surface area contributed by atoms with E-state index in [0.717, 1.165) is 25.8 Å². The van der Waals surface area contributed by atoms with Crippen molar-refractivity contribution in [1.82, 2.24) is 10.2 Å². The predicted octanol–water partition coefficient (Wildman–Crippen LogP) is 0.487. The molecule has 2 heterocycles. The zero-order valence-electron chi connectivity index (χ0n) is 12.2. The van der Waals surface area contributed by atoms with Gasteiger partial charge in [0.05, 0.1) is 12.0 Å². The number of nitrogens with two attached hydrogens (primary N) is 1. The summed E-state index contributed by atoms with van der Waals surface area (Å²) < 4.78 is 0. The second-order valence-electron chi connectivity index (χ2n) is 6.76. The Balaban J connectivity index is 1.70. The third-order valence-electron chi connectivity index (χ3n) is 5.58. The van der Waals surface area contributed by atoms with E-state index in [-0.39, 0.29) is 29.8 Å². The highest BCUT2D eigenvalue weighted by atomic mass is 16.2. The molecule has 5 nitrogen and oxygen atoms in total. The molecule has 0 aromatic rings. The highest BCUT2D eigenvalue weighted by Crippen LogP contribution is 2.38. The minimum absolute atomic E-state index is 0.0309. The number of nitrogens with zero attached hydrogens (tertiary/aromatic N) is 1. The molecule has 2 amide bonds. The lowest BCUT2D eigenvalue weighted by atomic mass is 9.89. The number of fused-ring (bicyclic) bond motifs is 1. The first-order valence-corrected chi connectivity index (χ1v) is 7.91. The van der Waals surface area contributed by atoms with Gasteiger partial charge in [-0.3, -0.25) is 9.59 Å². The molecule has 5 atom stereocenters. The highest BCUT2D eigenvalue weighted by Gasteiger charge is 2.45. The predicted molar refractivity (Wildman–Crippen MR) is 75.7 cm³/mol. The van der Waals surface area contributed by atoms with Gasteiger partial charge < -0.3 is 16.0 Å². The Labute approximate surface area is 120 Å². The first kappa shape index (κ1) is 13.9. The highest BCUT2D eigenvalue weighted by molar-refractivity contribution is 5.84. The quantitative estimate of drug-likeness (QED) is 0.772. The van der Waals surface area contributed by atoms with Gasteiger partial charge in [-0.2, -0.15) is 0 Å². The maximum absolute atomic E-state index is 12.8. The number of carbonyl (C=O) groups excluding carboxylic acids is 2. The number of likely N-dealkylation sites (tertiary alicyclic amines) is 1. The number of rotatable bonds is 2. The van der Waals surface area contributed by atoms with E-state index in [1.54, 1.807) is 0 Å². The summed E-state index contributed by atoms with van der Waals surface area (Å²) in [6.45, 7) is 3.56. The molecule has 3 aliphatic rings. The smallest absolute Gasteiger partial charge is 0.240 e. The summed E-state index contributed by atoms with van der Waals surface area (Å²) in [5.41, 5.74) is 5.42. The Morgan fingerprint density at radius 2 is 2.00 bits per heavy atom. The van der Waals surface area contributed by atoms with Crippen LogP contribution in [0.3, 0.4) is 0 Å². The summed E-state index contributed by atoms with van der Waals surface area (Å²) in [4.78, 5) is 26.1. The molecule has 0 aromatic heterocycles. The lowest BCUT2D eigenvalue weighted by Crippen LogP contribution is -2.54. The lowest BCUT2D eigenvalue weighted by molar-refractivity contribution is -0.140. The first-order chi connectivity index (χ1) is 9.58. The summed E-state index contributed by atoms with van der Waals surface area (Å²) in [6.07, 6.45) is 5.35. The van der Waals surface area contributed by atoms with E-state index in [1.165, 1.54) is 12.8 Å². The second-order valence-corrected chi connectivity index (χ2v) is 6.76. The van der Waals surface area contributed by atoms with Crippen molar-refractivity contribution in [3.63, 3.8) is 0 Å². The molecule has 3 fully saturated rings. The monoisotopic (exact) mass is 279 g/mol. The molecule has 1 aliphatic carbocycles. The average Bonchev–Trinajstić information content (AvgIpc) is 3.00. The Bertz CT molecular complexity index is 412. The molecule has 0 aromatic carbocycles. The van der Waals surface area contributed by atoms with Gasteiger partial charge in [0.15, 0.2) is 0 Å². The van der Waals surface area contributed by atoms with Crippen LogP contribution in [-0.2, 0) is 9.59 Å². The summed E-state index contributed by atoms with van der Waals surface area (Å²) in [6, 6.07) is 0.192. The molecule has 0 bridgehead atoms. The number of carbonyl (C=O) groups is 2. The minimum Gasteiger partial charge on any atom is -0.369 e. The van der Waals surface area contributed by atoms with Crippen LogP contribution in [0, 0.1) is 17.8 Å². The van der Waals surface area contributed by atoms with E-state index in [2.05, 4.69) is 12.2 Å². The van der Waals surface area contributed by atoms with Crippen LogP contribution in [-0.4, -0.2) is 41.9 Å². The minimum atomic E-state index is -0.271. The molecule has 5 heteroatoms. The first-order valence-electron chi connectivity index (χ1n) is 7.91. The fourth-order valence-electron chi connectivity index (χ4n) is 4.28. The molecule has 0 radical (unpaired) electrons. The van der Waals surface area contributed by atoms with Gasteiger partial charge in [-0.15, -0.1) is 0 Å². The van der Waals surface area contributed by atoms with E-state index < -0.39 is 0 Å².